The minimum Gasteiger partial charge on any atom is -0.335 e. The number of urea groups is 1. The van der Waals surface area contributed by atoms with E-state index < -0.39 is 0 Å². The Morgan fingerprint density at radius 2 is 1.86 bits per heavy atom. The maximum atomic E-state index is 12.3. The Bertz CT molecular complexity index is 835. The van der Waals surface area contributed by atoms with E-state index in [1.165, 1.54) is 0 Å². The van der Waals surface area contributed by atoms with Crippen LogP contribution < -0.4 is 16.0 Å². The summed E-state index contributed by atoms with van der Waals surface area (Å²) in [5.41, 5.74) is 4.30. The molecule has 150 valence electrons. The predicted octanol–water partition coefficient (Wildman–Crippen LogP) is 2.95. The summed E-state index contributed by atoms with van der Waals surface area (Å²) in [6.07, 6.45) is 2.41. The highest BCUT2D eigenvalue weighted by molar-refractivity contribution is 5.95. The average molecular weight is 383 g/mol. The van der Waals surface area contributed by atoms with E-state index in [0.29, 0.717) is 24.3 Å². The van der Waals surface area contributed by atoms with Crippen molar-refractivity contribution >= 4 is 23.3 Å². The van der Waals surface area contributed by atoms with Crippen molar-refractivity contribution in [1.82, 2.24) is 15.2 Å². The van der Waals surface area contributed by atoms with Crippen molar-refractivity contribution in [3.63, 3.8) is 0 Å². The molecule has 0 aliphatic heterocycles. The first-order valence-corrected chi connectivity index (χ1v) is 9.28. The number of aromatic nitrogens is 1. The number of nitrogens with zero attached hydrogens (tertiary/aromatic N) is 2. The third-order valence-electron chi connectivity index (χ3n) is 4.22. The molecule has 0 fully saturated rings. The quantitative estimate of drug-likeness (QED) is 0.686. The molecule has 0 unspecified atom stereocenters. The molecular weight excluding hydrogens is 354 g/mol. The lowest BCUT2D eigenvalue weighted by atomic mass is 10.1. The predicted molar refractivity (Wildman–Crippen MR) is 113 cm³/mol. The Morgan fingerprint density at radius 3 is 2.54 bits per heavy atom. The Labute approximate surface area is 166 Å². The van der Waals surface area contributed by atoms with E-state index in [9.17, 15) is 9.59 Å². The van der Waals surface area contributed by atoms with E-state index in [4.69, 9.17) is 0 Å². The molecule has 7 heteroatoms. The zero-order valence-corrected chi connectivity index (χ0v) is 17.2. The second-order valence-corrected chi connectivity index (χ2v) is 7.29. The standard InChI is InChI=1S/C21H29N5O2/c1-14-7-6-10-22-18(14)11-16(3)23-21(28)24-17-9-8-15(2)19(12-17)25-20(27)13-26(4)5/h6-10,12,16H,11,13H2,1-5H3,(H,25,27)(H2,23,24,28)/t16-/m0/s1. The summed E-state index contributed by atoms with van der Waals surface area (Å²) in [5.74, 6) is -0.103. The van der Waals surface area contributed by atoms with E-state index in [0.717, 1.165) is 16.8 Å². The molecule has 0 aliphatic carbocycles. The number of aryl methyl sites for hydroxylation is 2. The molecule has 1 aromatic heterocycles. The molecule has 3 amide bonds. The lowest BCUT2D eigenvalue weighted by molar-refractivity contribution is -0.116. The van der Waals surface area contributed by atoms with Crippen LogP contribution in [0.5, 0.6) is 0 Å². The van der Waals surface area contributed by atoms with Gasteiger partial charge in [0, 0.05) is 35.7 Å². The Morgan fingerprint density at radius 1 is 1.11 bits per heavy atom. The third-order valence-corrected chi connectivity index (χ3v) is 4.22. The highest BCUT2D eigenvalue weighted by atomic mass is 16.2. The van der Waals surface area contributed by atoms with Gasteiger partial charge >= 0.3 is 6.03 Å². The molecule has 0 spiro atoms. The lowest BCUT2D eigenvalue weighted by Gasteiger charge is -2.16. The lowest BCUT2D eigenvalue weighted by Crippen LogP contribution is -2.37. The number of hydrogen-bond acceptors (Lipinski definition) is 4. The Kier molecular flexibility index (Phi) is 7.52. The van der Waals surface area contributed by atoms with Crippen molar-refractivity contribution < 1.29 is 9.59 Å². The number of benzene rings is 1. The molecular formula is C21H29N5O2. The molecule has 0 aliphatic rings. The molecule has 0 bridgehead atoms. The highest BCUT2D eigenvalue weighted by Gasteiger charge is 2.12. The fraction of sp³-hybridized carbons (Fsp3) is 0.381. The van der Waals surface area contributed by atoms with Crippen LogP contribution in [0.3, 0.4) is 0 Å². The fourth-order valence-corrected chi connectivity index (χ4v) is 2.78. The zero-order chi connectivity index (χ0) is 20.7. The van der Waals surface area contributed by atoms with Crippen LogP contribution in [0.1, 0.15) is 23.7 Å². The van der Waals surface area contributed by atoms with Crippen molar-refractivity contribution in [1.29, 1.82) is 0 Å². The molecule has 28 heavy (non-hydrogen) atoms. The van der Waals surface area contributed by atoms with Crippen LogP contribution in [-0.2, 0) is 11.2 Å². The number of anilines is 2. The number of amides is 3. The van der Waals surface area contributed by atoms with Crippen LogP contribution in [0.4, 0.5) is 16.2 Å². The van der Waals surface area contributed by atoms with E-state index in [-0.39, 0.29) is 18.0 Å². The van der Waals surface area contributed by atoms with E-state index in [1.807, 2.05) is 59.1 Å². The number of nitrogens with one attached hydrogen (secondary N) is 3. The van der Waals surface area contributed by atoms with Gasteiger partial charge < -0.3 is 20.9 Å². The van der Waals surface area contributed by atoms with Gasteiger partial charge in [-0.3, -0.25) is 9.78 Å². The normalized spacial score (nSPS) is 11.8. The zero-order valence-electron chi connectivity index (χ0n) is 17.2. The maximum absolute atomic E-state index is 12.3. The molecule has 7 nitrogen and oxygen atoms in total. The second-order valence-electron chi connectivity index (χ2n) is 7.29. The maximum Gasteiger partial charge on any atom is 0.319 e. The van der Waals surface area contributed by atoms with Gasteiger partial charge in [-0.1, -0.05) is 12.1 Å². The summed E-state index contributed by atoms with van der Waals surface area (Å²) < 4.78 is 0. The highest BCUT2D eigenvalue weighted by Crippen LogP contribution is 2.20. The number of likely N-dealkylation sites (N-methyl/N-ethyl adjacent to an activating group) is 1. The molecule has 0 saturated carbocycles. The van der Waals surface area contributed by atoms with Gasteiger partial charge in [0.05, 0.1) is 6.54 Å². The molecule has 3 N–H and O–H groups in total. The first-order chi connectivity index (χ1) is 13.2. The minimum absolute atomic E-state index is 0.0710. The van der Waals surface area contributed by atoms with E-state index >= 15 is 0 Å². The van der Waals surface area contributed by atoms with Crippen molar-refractivity contribution in [3.8, 4) is 0 Å². The summed E-state index contributed by atoms with van der Waals surface area (Å²) in [7, 11) is 3.67. The first kappa shape index (κ1) is 21.4. The van der Waals surface area contributed by atoms with Gasteiger partial charge in [0.15, 0.2) is 0 Å². The smallest absolute Gasteiger partial charge is 0.319 e. The number of pyridine rings is 1. The van der Waals surface area contributed by atoms with Crippen molar-refractivity contribution in [2.45, 2.75) is 33.2 Å². The van der Waals surface area contributed by atoms with Crippen molar-refractivity contribution in [3.05, 3.63) is 53.3 Å². The average Bonchev–Trinajstić information content (AvgIpc) is 2.59. The summed E-state index contributed by atoms with van der Waals surface area (Å²) in [6.45, 7) is 6.15. The van der Waals surface area contributed by atoms with Gasteiger partial charge in [0.25, 0.3) is 0 Å². The molecule has 1 atom stereocenters. The monoisotopic (exact) mass is 383 g/mol. The number of carbonyl (C=O) groups excluding carboxylic acids is 2. The van der Waals surface area contributed by atoms with Crippen LogP contribution in [0.2, 0.25) is 0 Å². The molecule has 0 radical (unpaired) electrons. The summed E-state index contributed by atoms with van der Waals surface area (Å²) in [5, 5.41) is 8.62. The molecule has 1 heterocycles. The van der Waals surface area contributed by atoms with Gasteiger partial charge in [-0.15, -0.1) is 0 Å². The number of hydrogen-bond donors (Lipinski definition) is 3. The number of rotatable bonds is 7. The Hall–Kier alpha value is -2.93. The van der Waals surface area contributed by atoms with Crippen LogP contribution in [0, 0.1) is 13.8 Å². The summed E-state index contributed by atoms with van der Waals surface area (Å²) in [4.78, 5) is 30.5. The van der Waals surface area contributed by atoms with Gasteiger partial charge in [-0.05, 0) is 64.2 Å². The molecule has 1 aromatic carbocycles. The molecule has 2 aromatic rings. The number of carbonyl (C=O) groups is 2. The fourth-order valence-electron chi connectivity index (χ4n) is 2.78. The van der Waals surface area contributed by atoms with Gasteiger partial charge in [0.2, 0.25) is 5.91 Å². The van der Waals surface area contributed by atoms with Crippen LogP contribution in [-0.4, -0.2) is 48.5 Å². The summed E-state index contributed by atoms with van der Waals surface area (Å²) in [6, 6.07) is 8.97. The van der Waals surface area contributed by atoms with Crippen LogP contribution in [0.25, 0.3) is 0 Å². The molecule has 2 rings (SSSR count). The summed E-state index contributed by atoms with van der Waals surface area (Å²) >= 11 is 0. The van der Waals surface area contributed by atoms with Gasteiger partial charge in [0.1, 0.15) is 0 Å². The van der Waals surface area contributed by atoms with Crippen LogP contribution >= 0.6 is 0 Å². The van der Waals surface area contributed by atoms with E-state index in [1.54, 1.807) is 17.2 Å². The second kappa shape index (κ2) is 9.85. The van der Waals surface area contributed by atoms with E-state index in [2.05, 4.69) is 20.9 Å². The van der Waals surface area contributed by atoms with Gasteiger partial charge in [-0.25, -0.2) is 4.79 Å². The van der Waals surface area contributed by atoms with Gasteiger partial charge in [-0.2, -0.15) is 0 Å². The van der Waals surface area contributed by atoms with Crippen LogP contribution in [0.15, 0.2) is 36.5 Å². The Balaban J connectivity index is 1.95. The van der Waals surface area contributed by atoms with Crippen molar-refractivity contribution in [2.24, 2.45) is 0 Å². The largest absolute Gasteiger partial charge is 0.335 e. The topological polar surface area (TPSA) is 86.4 Å². The molecule has 0 saturated heterocycles. The third kappa shape index (κ3) is 6.66. The first-order valence-electron chi connectivity index (χ1n) is 9.28. The minimum atomic E-state index is -0.296. The SMILES string of the molecule is Cc1ccc(NC(=O)N[C@@H](C)Cc2ncccc2C)cc1NC(=O)CN(C)C. The van der Waals surface area contributed by atoms with Crippen molar-refractivity contribution in [2.75, 3.05) is 31.3 Å².